The number of likely N-dealkylation sites (N-methyl/N-ethyl adjacent to an activating group) is 1. The van der Waals surface area contributed by atoms with Crippen molar-refractivity contribution in [1.82, 2.24) is 10.2 Å². The quantitative estimate of drug-likeness (QED) is 0.684. The van der Waals surface area contributed by atoms with Crippen molar-refractivity contribution in [2.75, 3.05) is 26.2 Å². The molecule has 0 aliphatic heterocycles. The van der Waals surface area contributed by atoms with Gasteiger partial charge in [0.25, 0.3) is 0 Å². The maximum absolute atomic E-state index is 11.8. The molecule has 0 heterocycles. The van der Waals surface area contributed by atoms with E-state index in [0.29, 0.717) is 6.54 Å². The van der Waals surface area contributed by atoms with E-state index in [4.69, 9.17) is 0 Å². The zero-order chi connectivity index (χ0) is 14.1. The zero-order valence-electron chi connectivity index (χ0n) is 12.5. The van der Waals surface area contributed by atoms with Crippen LogP contribution in [0.1, 0.15) is 46.0 Å². The first-order valence-corrected chi connectivity index (χ1v) is 7.43. The number of hydrogen-bond donors (Lipinski definition) is 1. The minimum atomic E-state index is 0.125. The van der Waals surface area contributed by atoms with Gasteiger partial charge in [0.1, 0.15) is 0 Å². The fraction of sp³-hybridized carbons (Fsp3) is 0.688. The molecule has 0 aromatic carbocycles. The third-order valence-electron chi connectivity index (χ3n) is 3.46. The molecule has 0 bridgehead atoms. The Hall–Kier alpha value is -1.09. The molecule has 0 spiro atoms. The summed E-state index contributed by atoms with van der Waals surface area (Å²) >= 11 is 0. The van der Waals surface area contributed by atoms with Crippen LogP contribution in [0, 0.1) is 0 Å². The van der Waals surface area contributed by atoms with Gasteiger partial charge in [0.15, 0.2) is 0 Å². The van der Waals surface area contributed by atoms with E-state index in [2.05, 4.69) is 29.8 Å². The monoisotopic (exact) mass is 264 g/mol. The van der Waals surface area contributed by atoms with Crippen LogP contribution in [0.2, 0.25) is 0 Å². The van der Waals surface area contributed by atoms with Gasteiger partial charge in [-0.05, 0) is 45.6 Å². The normalized spacial score (nSPS) is 15.2. The van der Waals surface area contributed by atoms with Crippen LogP contribution in [0.4, 0.5) is 0 Å². The lowest BCUT2D eigenvalue weighted by Crippen LogP contribution is -2.38. The third kappa shape index (κ3) is 7.16. The van der Waals surface area contributed by atoms with Crippen molar-refractivity contribution in [2.45, 2.75) is 46.0 Å². The summed E-state index contributed by atoms with van der Waals surface area (Å²) in [4.78, 5) is 13.9. The minimum Gasteiger partial charge on any atom is -0.355 e. The topological polar surface area (TPSA) is 32.3 Å². The largest absolute Gasteiger partial charge is 0.355 e. The Balaban J connectivity index is 2.19. The first-order valence-electron chi connectivity index (χ1n) is 7.43. The van der Waals surface area contributed by atoms with Crippen LogP contribution in [0.15, 0.2) is 23.8 Å². The molecule has 1 amide bonds. The average Bonchev–Trinajstić information content (AvgIpc) is 2.38. The molecular weight excluding hydrogens is 236 g/mol. The van der Waals surface area contributed by atoms with Gasteiger partial charge in [0.2, 0.25) is 5.91 Å². The molecule has 0 atom stereocenters. The van der Waals surface area contributed by atoms with Gasteiger partial charge in [-0.3, -0.25) is 9.69 Å². The summed E-state index contributed by atoms with van der Waals surface area (Å²) in [6, 6.07) is 0. The molecule has 108 valence electrons. The molecule has 1 N–H and O–H groups in total. The maximum Gasteiger partial charge on any atom is 0.234 e. The van der Waals surface area contributed by atoms with E-state index in [1.165, 1.54) is 31.3 Å². The van der Waals surface area contributed by atoms with Gasteiger partial charge < -0.3 is 5.32 Å². The average molecular weight is 264 g/mol. The highest BCUT2D eigenvalue weighted by Gasteiger charge is 2.09. The van der Waals surface area contributed by atoms with E-state index in [1.807, 2.05) is 6.92 Å². The van der Waals surface area contributed by atoms with Crippen molar-refractivity contribution in [3.8, 4) is 0 Å². The zero-order valence-corrected chi connectivity index (χ0v) is 12.5. The predicted octanol–water partition coefficient (Wildman–Crippen LogP) is 2.89. The Morgan fingerprint density at radius 1 is 1.42 bits per heavy atom. The molecule has 0 aromatic heterocycles. The smallest absolute Gasteiger partial charge is 0.234 e. The molecule has 0 saturated heterocycles. The molecule has 0 radical (unpaired) electrons. The van der Waals surface area contributed by atoms with Crippen molar-refractivity contribution in [3.63, 3.8) is 0 Å². The number of carbonyl (C=O) groups excluding carboxylic acids is 1. The minimum absolute atomic E-state index is 0.125. The van der Waals surface area contributed by atoms with Crippen molar-refractivity contribution in [3.05, 3.63) is 23.8 Å². The molecule has 0 unspecified atom stereocenters. The summed E-state index contributed by atoms with van der Waals surface area (Å²) in [6.45, 7) is 10.9. The van der Waals surface area contributed by atoms with Gasteiger partial charge in [-0.1, -0.05) is 30.7 Å². The first kappa shape index (κ1) is 16.0. The Labute approximate surface area is 117 Å². The molecule has 1 rings (SSSR count). The van der Waals surface area contributed by atoms with E-state index in [1.54, 1.807) is 0 Å². The summed E-state index contributed by atoms with van der Waals surface area (Å²) in [6.07, 6.45) is 8.41. The van der Waals surface area contributed by atoms with Crippen LogP contribution in [0.5, 0.6) is 0 Å². The van der Waals surface area contributed by atoms with Gasteiger partial charge in [-0.25, -0.2) is 0 Å². The molecular formula is C16H28N2O. The van der Waals surface area contributed by atoms with E-state index >= 15 is 0 Å². The molecule has 3 nitrogen and oxygen atoms in total. The summed E-state index contributed by atoms with van der Waals surface area (Å²) in [7, 11) is 0. The van der Waals surface area contributed by atoms with Crippen molar-refractivity contribution >= 4 is 5.91 Å². The van der Waals surface area contributed by atoms with Crippen LogP contribution >= 0.6 is 0 Å². The van der Waals surface area contributed by atoms with Gasteiger partial charge in [-0.15, -0.1) is 0 Å². The highest BCUT2D eigenvalue weighted by atomic mass is 16.2. The number of nitrogens with zero attached hydrogens (tertiary/aromatic N) is 1. The Bertz CT molecular complexity index is 334. The lowest BCUT2D eigenvalue weighted by molar-refractivity contribution is -0.122. The Morgan fingerprint density at radius 3 is 2.79 bits per heavy atom. The second kappa shape index (κ2) is 8.92. The number of allylic oxidation sites excluding steroid dienone is 1. The summed E-state index contributed by atoms with van der Waals surface area (Å²) < 4.78 is 0. The van der Waals surface area contributed by atoms with Gasteiger partial charge in [0, 0.05) is 13.1 Å². The molecule has 0 fully saturated rings. The molecule has 0 aromatic rings. The van der Waals surface area contributed by atoms with Crippen LogP contribution in [-0.2, 0) is 4.79 Å². The second-order valence-corrected chi connectivity index (χ2v) is 5.47. The van der Waals surface area contributed by atoms with Crippen molar-refractivity contribution < 1.29 is 4.79 Å². The van der Waals surface area contributed by atoms with Crippen molar-refractivity contribution in [2.24, 2.45) is 0 Å². The van der Waals surface area contributed by atoms with Gasteiger partial charge >= 0.3 is 0 Å². The van der Waals surface area contributed by atoms with E-state index in [9.17, 15) is 4.79 Å². The lowest BCUT2D eigenvalue weighted by Gasteiger charge is -2.20. The third-order valence-corrected chi connectivity index (χ3v) is 3.46. The van der Waals surface area contributed by atoms with Crippen LogP contribution < -0.4 is 5.32 Å². The lowest BCUT2D eigenvalue weighted by atomic mass is 9.97. The van der Waals surface area contributed by atoms with Crippen LogP contribution in [0.25, 0.3) is 0 Å². The standard InChI is InChI=1S/C16H28N2O/c1-4-18(12-14(2)3)13-16(19)17-11-10-15-8-6-5-7-9-15/h8H,2,4-7,9-13H2,1,3H3,(H,17,19). The molecule has 1 aliphatic carbocycles. The van der Waals surface area contributed by atoms with Crippen LogP contribution in [-0.4, -0.2) is 37.0 Å². The second-order valence-electron chi connectivity index (χ2n) is 5.47. The predicted molar refractivity (Wildman–Crippen MR) is 81.1 cm³/mol. The summed E-state index contributed by atoms with van der Waals surface area (Å²) in [5.41, 5.74) is 2.61. The summed E-state index contributed by atoms with van der Waals surface area (Å²) in [5.74, 6) is 0.125. The number of carbonyl (C=O) groups is 1. The number of rotatable bonds is 8. The maximum atomic E-state index is 11.8. The van der Waals surface area contributed by atoms with Gasteiger partial charge in [0.05, 0.1) is 6.54 Å². The van der Waals surface area contributed by atoms with E-state index in [0.717, 1.165) is 31.6 Å². The number of hydrogen-bond acceptors (Lipinski definition) is 2. The molecule has 19 heavy (non-hydrogen) atoms. The van der Waals surface area contributed by atoms with Crippen LogP contribution in [0.3, 0.4) is 0 Å². The van der Waals surface area contributed by atoms with Crippen molar-refractivity contribution in [1.29, 1.82) is 0 Å². The number of nitrogens with one attached hydrogen (secondary N) is 1. The highest BCUT2D eigenvalue weighted by molar-refractivity contribution is 5.78. The molecule has 0 saturated carbocycles. The number of amides is 1. The fourth-order valence-electron chi connectivity index (χ4n) is 2.41. The Morgan fingerprint density at radius 2 is 2.21 bits per heavy atom. The highest BCUT2D eigenvalue weighted by Crippen LogP contribution is 2.19. The SMILES string of the molecule is C=C(C)CN(CC)CC(=O)NCCC1=CCCCC1. The first-order chi connectivity index (χ1) is 9.11. The Kier molecular flexibility index (Phi) is 7.49. The van der Waals surface area contributed by atoms with E-state index < -0.39 is 0 Å². The summed E-state index contributed by atoms with van der Waals surface area (Å²) in [5, 5.41) is 3.02. The van der Waals surface area contributed by atoms with E-state index in [-0.39, 0.29) is 5.91 Å². The molecule has 3 heteroatoms. The molecule has 1 aliphatic rings. The fourth-order valence-corrected chi connectivity index (χ4v) is 2.41. The van der Waals surface area contributed by atoms with Gasteiger partial charge in [-0.2, -0.15) is 0 Å².